The Morgan fingerprint density at radius 3 is 2.55 bits per heavy atom. The number of alkyl halides is 3. The van der Waals surface area contributed by atoms with Crippen LogP contribution in [0.1, 0.15) is 35.6 Å². The Morgan fingerprint density at radius 2 is 1.83 bits per heavy atom. The van der Waals surface area contributed by atoms with E-state index in [2.05, 4.69) is 15.6 Å². The average Bonchev–Trinajstić information content (AvgIpc) is 3.66. The first-order valence-corrected chi connectivity index (χ1v) is 13.5. The summed E-state index contributed by atoms with van der Waals surface area (Å²) in [6.07, 6.45) is -3.10. The molecule has 1 fully saturated rings. The van der Waals surface area contributed by atoms with Gasteiger partial charge in [0.05, 0.1) is 30.8 Å². The van der Waals surface area contributed by atoms with E-state index in [-0.39, 0.29) is 31.3 Å². The molecule has 0 aliphatic carbocycles. The second kappa shape index (κ2) is 12.6. The SMILES string of the molecule is COc1ccccc1CN(C(=O)Cn1nnc2ccccc21)C(C(=O)NCC1CCCO1)c1ccc(C(F)(F)F)cc1. The maximum absolute atomic E-state index is 14.1. The molecule has 220 valence electrons. The fourth-order valence-electron chi connectivity index (χ4n) is 5.04. The summed E-state index contributed by atoms with van der Waals surface area (Å²) in [4.78, 5) is 29.2. The molecule has 1 saturated heterocycles. The predicted molar refractivity (Wildman–Crippen MR) is 147 cm³/mol. The first-order chi connectivity index (χ1) is 20.2. The molecule has 2 heterocycles. The number of amides is 2. The number of carbonyl (C=O) groups excluding carboxylic acids is 2. The minimum atomic E-state index is -4.56. The van der Waals surface area contributed by atoms with E-state index in [0.717, 1.165) is 25.0 Å². The molecule has 0 spiro atoms. The van der Waals surface area contributed by atoms with E-state index in [9.17, 15) is 22.8 Å². The van der Waals surface area contributed by atoms with Crippen LogP contribution in [0.3, 0.4) is 0 Å². The highest BCUT2D eigenvalue weighted by molar-refractivity contribution is 5.89. The number of methoxy groups -OCH3 is 1. The number of nitrogens with one attached hydrogen (secondary N) is 1. The summed E-state index contributed by atoms with van der Waals surface area (Å²) in [6, 6.07) is 17.2. The molecule has 1 aliphatic heterocycles. The Labute approximate surface area is 240 Å². The number of carbonyl (C=O) groups is 2. The van der Waals surface area contributed by atoms with E-state index in [1.807, 2.05) is 0 Å². The summed E-state index contributed by atoms with van der Waals surface area (Å²) in [7, 11) is 1.49. The van der Waals surface area contributed by atoms with Crippen LogP contribution in [0.15, 0.2) is 72.8 Å². The summed E-state index contributed by atoms with van der Waals surface area (Å²) >= 11 is 0. The third kappa shape index (κ3) is 6.54. The molecule has 5 rings (SSSR count). The molecule has 2 amide bonds. The fourth-order valence-corrected chi connectivity index (χ4v) is 5.04. The number of fused-ring (bicyclic) bond motifs is 1. The quantitative estimate of drug-likeness (QED) is 0.296. The van der Waals surface area contributed by atoms with Crippen LogP contribution in [-0.2, 0) is 33.6 Å². The predicted octanol–water partition coefficient (Wildman–Crippen LogP) is 4.52. The second-order valence-electron chi connectivity index (χ2n) is 9.97. The van der Waals surface area contributed by atoms with Gasteiger partial charge in [-0.25, -0.2) is 4.68 Å². The maximum Gasteiger partial charge on any atom is 0.416 e. The molecule has 42 heavy (non-hydrogen) atoms. The van der Waals surface area contributed by atoms with E-state index in [1.165, 1.54) is 28.8 Å². The highest BCUT2D eigenvalue weighted by Crippen LogP contribution is 2.32. The van der Waals surface area contributed by atoms with Crippen molar-refractivity contribution in [3.63, 3.8) is 0 Å². The molecule has 2 atom stereocenters. The third-order valence-corrected chi connectivity index (χ3v) is 7.20. The van der Waals surface area contributed by atoms with Gasteiger partial charge in [-0.1, -0.05) is 47.7 Å². The van der Waals surface area contributed by atoms with Crippen molar-refractivity contribution in [3.05, 3.63) is 89.5 Å². The zero-order chi connectivity index (χ0) is 29.7. The van der Waals surface area contributed by atoms with Gasteiger partial charge in [0.2, 0.25) is 11.8 Å². The number of para-hydroxylation sites is 2. The van der Waals surface area contributed by atoms with Crippen LogP contribution in [0.4, 0.5) is 13.2 Å². The van der Waals surface area contributed by atoms with Crippen LogP contribution in [0, 0.1) is 0 Å². The number of nitrogens with zero attached hydrogens (tertiary/aromatic N) is 4. The Hall–Kier alpha value is -4.45. The Kier molecular flexibility index (Phi) is 8.72. The molecule has 0 radical (unpaired) electrons. The average molecular weight is 582 g/mol. The van der Waals surface area contributed by atoms with Crippen LogP contribution >= 0.6 is 0 Å². The largest absolute Gasteiger partial charge is 0.496 e. The Balaban J connectivity index is 1.54. The summed E-state index contributed by atoms with van der Waals surface area (Å²) in [5.74, 6) is -0.543. The summed E-state index contributed by atoms with van der Waals surface area (Å²) in [5, 5.41) is 11.1. The molecule has 9 nitrogen and oxygen atoms in total. The van der Waals surface area contributed by atoms with Gasteiger partial charge in [0.1, 0.15) is 23.9 Å². The number of benzene rings is 3. The molecule has 12 heteroatoms. The van der Waals surface area contributed by atoms with E-state index in [4.69, 9.17) is 9.47 Å². The molecule has 1 aliphatic rings. The lowest BCUT2D eigenvalue weighted by atomic mass is 10.0. The van der Waals surface area contributed by atoms with E-state index in [0.29, 0.717) is 29.0 Å². The molecule has 3 aromatic carbocycles. The van der Waals surface area contributed by atoms with Gasteiger partial charge in [0, 0.05) is 18.7 Å². The van der Waals surface area contributed by atoms with Gasteiger partial charge >= 0.3 is 6.18 Å². The van der Waals surface area contributed by atoms with Crippen molar-refractivity contribution in [2.75, 3.05) is 20.3 Å². The minimum absolute atomic E-state index is 0.0610. The lowest BCUT2D eigenvalue weighted by Gasteiger charge is -2.32. The first kappa shape index (κ1) is 29.1. The minimum Gasteiger partial charge on any atom is -0.496 e. The highest BCUT2D eigenvalue weighted by Gasteiger charge is 2.35. The van der Waals surface area contributed by atoms with Crippen molar-refractivity contribution in [1.82, 2.24) is 25.2 Å². The zero-order valence-electron chi connectivity index (χ0n) is 22.9. The topological polar surface area (TPSA) is 98.6 Å². The third-order valence-electron chi connectivity index (χ3n) is 7.20. The van der Waals surface area contributed by atoms with Crippen LogP contribution < -0.4 is 10.1 Å². The van der Waals surface area contributed by atoms with Crippen molar-refractivity contribution in [1.29, 1.82) is 0 Å². The van der Waals surface area contributed by atoms with Crippen molar-refractivity contribution in [2.45, 2.75) is 44.3 Å². The van der Waals surface area contributed by atoms with E-state index in [1.54, 1.807) is 48.5 Å². The van der Waals surface area contributed by atoms with Crippen LogP contribution in [0.2, 0.25) is 0 Å². The number of hydrogen-bond donors (Lipinski definition) is 1. The summed E-state index contributed by atoms with van der Waals surface area (Å²) in [5.41, 5.74) is 1.19. The first-order valence-electron chi connectivity index (χ1n) is 13.5. The Bertz CT molecular complexity index is 1530. The van der Waals surface area contributed by atoms with E-state index >= 15 is 0 Å². The van der Waals surface area contributed by atoms with Gasteiger partial charge in [-0.3, -0.25) is 9.59 Å². The monoisotopic (exact) mass is 581 g/mol. The zero-order valence-corrected chi connectivity index (χ0v) is 22.9. The van der Waals surface area contributed by atoms with Crippen molar-refractivity contribution >= 4 is 22.8 Å². The normalized spacial score (nSPS) is 15.9. The number of hydrogen-bond acceptors (Lipinski definition) is 6. The lowest BCUT2D eigenvalue weighted by molar-refractivity contribution is -0.142. The van der Waals surface area contributed by atoms with Gasteiger partial charge in [0.15, 0.2) is 0 Å². The number of rotatable bonds is 10. The summed E-state index contributed by atoms with van der Waals surface area (Å²) in [6.45, 7) is 0.480. The maximum atomic E-state index is 14.1. The standard InChI is InChI=1S/C30H30F3N5O4/c1-41-26-11-5-2-7-21(26)18-37(27(39)19-38-25-10-4-3-9-24(25)35-36-38)28(29(40)34-17-23-8-6-16-42-23)20-12-14-22(15-13-20)30(31,32)33/h2-5,7,9-15,23,28H,6,8,16-19H2,1H3,(H,34,40). The molecule has 4 aromatic rings. The van der Waals surface area contributed by atoms with Crippen LogP contribution in [0.5, 0.6) is 5.75 Å². The van der Waals surface area contributed by atoms with Crippen LogP contribution in [0.25, 0.3) is 11.0 Å². The van der Waals surface area contributed by atoms with Gasteiger partial charge in [-0.15, -0.1) is 5.10 Å². The van der Waals surface area contributed by atoms with E-state index < -0.39 is 29.6 Å². The van der Waals surface area contributed by atoms with Crippen molar-refractivity contribution < 1.29 is 32.2 Å². The van der Waals surface area contributed by atoms with Gasteiger partial charge in [-0.2, -0.15) is 13.2 Å². The molecule has 1 N–H and O–H groups in total. The van der Waals surface area contributed by atoms with Gasteiger partial charge in [-0.05, 0) is 48.7 Å². The number of ether oxygens (including phenoxy) is 2. The fraction of sp³-hybridized carbons (Fsp3) is 0.333. The molecular formula is C30H30F3N5O4. The smallest absolute Gasteiger partial charge is 0.416 e. The highest BCUT2D eigenvalue weighted by atomic mass is 19.4. The molecule has 0 saturated carbocycles. The molecule has 0 bridgehead atoms. The molecule has 2 unspecified atom stereocenters. The Morgan fingerprint density at radius 1 is 1.10 bits per heavy atom. The number of aromatic nitrogens is 3. The molecular weight excluding hydrogens is 551 g/mol. The van der Waals surface area contributed by atoms with Crippen molar-refractivity contribution in [3.8, 4) is 5.75 Å². The summed E-state index contributed by atoms with van der Waals surface area (Å²) < 4.78 is 52.7. The van der Waals surface area contributed by atoms with Gasteiger partial charge in [0.25, 0.3) is 0 Å². The second-order valence-corrected chi connectivity index (χ2v) is 9.97. The molecule has 1 aromatic heterocycles. The van der Waals surface area contributed by atoms with Gasteiger partial charge < -0.3 is 19.7 Å². The lowest BCUT2D eigenvalue weighted by Crippen LogP contribution is -2.46. The number of halogens is 3. The van der Waals surface area contributed by atoms with Crippen molar-refractivity contribution in [2.24, 2.45) is 0 Å². The van der Waals surface area contributed by atoms with Crippen LogP contribution in [-0.4, -0.2) is 58.1 Å².